The molecule has 0 aliphatic heterocycles. The van der Waals surface area contributed by atoms with Crippen molar-refractivity contribution in [1.82, 2.24) is 14.1 Å². The Kier molecular flexibility index (Phi) is 7.05. The van der Waals surface area contributed by atoms with Crippen LogP contribution in [0.1, 0.15) is 93.2 Å². The Morgan fingerprint density at radius 1 is 0.725 bits per heavy atom. The predicted molar refractivity (Wildman–Crippen MR) is 174 cm³/mol. The molecule has 1 N–H and O–H groups in total. The second-order valence-corrected chi connectivity index (χ2v) is 14.8. The summed E-state index contributed by atoms with van der Waals surface area (Å²) in [4.78, 5) is 5.41. The summed E-state index contributed by atoms with van der Waals surface area (Å²) in [7, 11) is 0. The Morgan fingerprint density at radius 3 is 1.80 bits per heavy atom. The van der Waals surface area contributed by atoms with Gasteiger partial charge < -0.3 is 9.88 Å². The number of benzene rings is 3. The van der Waals surface area contributed by atoms with E-state index in [4.69, 9.17) is 4.98 Å². The Bertz CT molecular complexity index is 1610. The molecule has 0 aliphatic rings. The normalized spacial score (nSPS) is 13.2. The second kappa shape index (κ2) is 9.98. The van der Waals surface area contributed by atoms with Crippen molar-refractivity contribution in [3.8, 4) is 5.95 Å². The first kappa shape index (κ1) is 28.3. The Morgan fingerprint density at radius 2 is 1.30 bits per heavy atom. The largest absolute Gasteiger partial charge is 0.383 e. The third kappa shape index (κ3) is 5.25. The minimum atomic E-state index is 0.0755. The average molecular weight is 537 g/mol. The van der Waals surface area contributed by atoms with Gasteiger partial charge in [0, 0.05) is 23.9 Å². The van der Waals surface area contributed by atoms with Crippen LogP contribution in [0.25, 0.3) is 38.8 Å². The van der Waals surface area contributed by atoms with E-state index in [0.717, 1.165) is 43.1 Å². The first-order chi connectivity index (χ1) is 18.7. The molecule has 2 aromatic heterocycles. The highest BCUT2D eigenvalue weighted by Gasteiger charge is 2.24. The van der Waals surface area contributed by atoms with E-state index in [9.17, 15) is 0 Å². The summed E-state index contributed by atoms with van der Waals surface area (Å²) in [6.07, 6.45) is 2.25. The lowest BCUT2D eigenvalue weighted by Gasteiger charge is -2.19. The van der Waals surface area contributed by atoms with Gasteiger partial charge in [0.15, 0.2) is 0 Å². The number of rotatable bonds is 6. The summed E-state index contributed by atoms with van der Waals surface area (Å²) in [6.45, 7) is 24.7. The zero-order valence-corrected chi connectivity index (χ0v) is 26.4. The van der Waals surface area contributed by atoms with Crippen molar-refractivity contribution < 1.29 is 0 Å². The number of aryl methyl sites for hydroxylation is 1. The number of hydrogen-bond donors (Lipinski definition) is 1. The number of aromatic nitrogens is 3. The van der Waals surface area contributed by atoms with Crippen LogP contribution in [0.2, 0.25) is 0 Å². The lowest BCUT2D eigenvalue weighted by atomic mass is 9.85. The van der Waals surface area contributed by atoms with Gasteiger partial charge in [0.25, 0.3) is 0 Å². The molecule has 0 aliphatic carbocycles. The van der Waals surface area contributed by atoms with E-state index in [1.807, 2.05) is 0 Å². The van der Waals surface area contributed by atoms with Crippen LogP contribution in [0.15, 0.2) is 54.6 Å². The predicted octanol–water partition coefficient (Wildman–Crippen LogP) is 9.99. The van der Waals surface area contributed by atoms with E-state index in [0.29, 0.717) is 0 Å². The van der Waals surface area contributed by atoms with Crippen LogP contribution >= 0.6 is 0 Å². The topological polar surface area (TPSA) is 34.8 Å². The molecule has 40 heavy (non-hydrogen) atoms. The van der Waals surface area contributed by atoms with Crippen molar-refractivity contribution in [3.05, 3.63) is 65.7 Å². The van der Waals surface area contributed by atoms with Gasteiger partial charge in [-0.05, 0) is 70.2 Å². The molecule has 0 saturated carbocycles. The number of unbranched alkanes of at least 4 members (excludes halogenated alkanes) is 1. The molecule has 3 aromatic carbocycles. The van der Waals surface area contributed by atoms with E-state index in [-0.39, 0.29) is 16.2 Å². The molecule has 4 heteroatoms. The molecule has 5 aromatic rings. The maximum Gasteiger partial charge on any atom is 0.215 e. The Balaban J connectivity index is 1.84. The SMILES string of the molecule is CCCCn1c(-n2c3ccc(C(C)(C)C)cc3c3cc(C(C)(C)C)ccc32)nc2c(NCC(C)(C)C)cccc21. The third-order valence-electron chi connectivity index (χ3n) is 8.00. The first-order valence-electron chi connectivity index (χ1n) is 15.0. The van der Waals surface area contributed by atoms with Crippen LogP contribution in [0.5, 0.6) is 0 Å². The highest BCUT2D eigenvalue weighted by molar-refractivity contribution is 6.10. The van der Waals surface area contributed by atoms with Crippen molar-refractivity contribution in [2.24, 2.45) is 5.41 Å². The van der Waals surface area contributed by atoms with Gasteiger partial charge >= 0.3 is 0 Å². The molecular weight excluding hydrogens is 488 g/mol. The first-order valence-corrected chi connectivity index (χ1v) is 15.0. The smallest absolute Gasteiger partial charge is 0.215 e. The molecule has 0 amide bonds. The van der Waals surface area contributed by atoms with Crippen LogP contribution in [0.3, 0.4) is 0 Å². The van der Waals surface area contributed by atoms with Crippen LogP contribution < -0.4 is 5.32 Å². The lowest BCUT2D eigenvalue weighted by Crippen LogP contribution is -2.19. The van der Waals surface area contributed by atoms with Crippen LogP contribution in [0, 0.1) is 5.41 Å². The van der Waals surface area contributed by atoms with Crippen molar-refractivity contribution in [3.63, 3.8) is 0 Å². The molecule has 0 spiro atoms. The lowest BCUT2D eigenvalue weighted by molar-refractivity contribution is 0.443. The highest BCUT2D eigenvalue weighted by Crippen LogP contribution is 2.38. The minimum absolute atomic E-state index is 0.0755. The Hall–Kier alpha value is -3.27. The van der Waals surface area contributed by atoms with Gasteiger partial charge in [0.05, 0.1) is 22.2 Å². The molecule has 0 unspecified atom stereocenters. The van der Waals surface area contributed by atoms with Gasteiger partial charge in [0.1, 0.15) is 5.52 Å². The summed E-state index contributed by atoms with van der Waals surface area (Å²) >= 11 is 0. The summed E-state index contributed by atoms with van der Waals surface area (Å²) in [5.41, 5.74) is 8.81. The van der Waals surface area contributed by atoms with E-state index < -0.39 is 0 Å². The van der Waals surface area contributed by atoms with Gasteiger partial charge in [-0.3, -0.25) is 4.57 Å². The summed E-state index contributed by atoms with van der Waals surface area (Å²) in [5, 5.41) is 6.31. The fourth-order valence-corrected chi connectivity index (χ4v) is 5.52. The molecule has 4 nitrogen and oxygen atoms in total. The Labute approximate surface area is 240 Å². The van der Waals surface area contributed by atoms with Crippen LogP contribution in [-0.2, 0) is 17.4 Å². The van der Waals surface area contributed by atoms with E-state index >= 15 is 0 Å². The number of hydrogen-bond acceptors (Lipinski definition) is 2. The molecule has 0 bridgehead atoms. The number of anilines is 1. The molecule has 5 rings (SSSR count). The maximum atomic E-state index is 5.41. The molecule has 0 radical (unpaired) electrons. The van der Waals surface area contributed by atoms with Crippen molar-refractivity contribution in [2.75, 3.05) is 11.9 Å². The van der Waals surface area contributed by atoms with Gasteiger partial charge in [-0.15, -0.1) is 0 Å². The van der Waals surface area contributed by atoms with E-state index in [1.165, 1.54) is 38.4 Å². The fourth-order valence-electron chi connectivity index (χ4n) is 5.52. The molecule has 0 fully saturated rings. The zero-order chi connectivity index (χ0) is 29.0. The number of para-hydroxylation sites is 1. The van der Waals surface area contributed by atoms with Crippen molar-refractivity contribution in [2.45, 2.75) is 99.5 Å². The maximum absolute atomic E-state index is 5.41. The molecule has 0 saturated heterocycles. The number of imidazole rings is 1. The summed E-state index contributed by atoms with van der Waals surface area (Å²) in [6, 6.07) is 20.6. The fraction of sp³-hybridized carbons (Fsp3) is 0.472. The number of nitrogens with zero attached hydrogens (tertiary/aromatic N) is 3. The van der Waals surface area contributed by atoms with Gasteiger partial charge in [-0.1, -0.05) is 93.9 Å². The van der Waals surface area contributed by atoms with Crippen LogP contribution in [0.4, 0.5) is 5.69 Å². The van der Waals surface area contributed by atoms with E-state index in [1.54, 1.807) is 0 Å². The van der Waals surface area contributed by atoms with Crippen molar-refractivity contribution >= 4 is 38.5 Å². The van der Waals surface area contributed by atoms with Gasteiger partial charge in [-0.25, -0.2) is 4.98 Å². The quantitative estimate of drug-likeness (QED) is 0.234. The third-order valence-corrected chi connectivity index (χ3v) is 8.00. The zero-order valence-electron chi connectivity index (χ0n) is 26.4. The molecule has 212 valence electrons. The standard InChI is InChI=1S/C36H48N4/c1-11-12-20-39-31-15-13-14-28(37-23-34(2,3)4)32(31)38-33(39)40-29-18-16-24(35(5,6)7)21-26(29)27-22-25(36(8,9)10)17-19-30(27)40/h13-19,21-22,37H,11-12,20,23H2,1-10H3. The van der Waals surface area contributed by atoms with E-state index in [2.05, 4.69) is 138 Å². The van der Waals surface area contributed by atoms with Crippen molar-refractivity contribution in [1.29, 1.82) is 0 Å². The second-order valence-electron chi connectivity index (χ2n) is 14.8. The number of fused-ring (bicyclic) bond motifs is 4. The van der Waals surface area contributed by atoms with Crippen LogP contribution in [-0.4, -0.2) is 20.7 Å². The molecule has 0 atom stereocenters. The van der Waals surface area contributed by atoms with Gasteiger partial charge in [0.2, 0.25) is 5.95 Å². The summed E-state index contributed by atoms with van der Waals surface area (Å²) < 4.78 is 4.85. The minimum Gasteiger partial charge on any atom is -0.383 e. The van der Waals surface area contributed by atoms with Gasteiger partial charge in [-0.2, -0.15) is 0 Å². The number of nitrogens with one attached hydrogen (secondary N) is 1. The molecular formula is C36H48N4. The highest BCUT2D eigenvalue weighted by atomic mass is 15.2. The monoisotopic (exact) mass is 536 g/mol. The summed E-state index contributed by atoms with van der Waals surface area (Å²) in [5.74, 6) is 1.00. The molecule has 2 heterocycles. The average Bonchev–Trinajstić information content (AvgIpc) is 3.39.